The number of aryl methyl sites for hydroxylation is 1. The summed E-state index contributed by atoms with van der Waals surface area (Å²) in [6.45, 7) is 2.94. The zero-order chi connectivity index (χ0) is 19.9. The van der Waals surface area contributed by atoms with Gasteiger partial charge in [0.25, 0.3) is 0 Å². The zero-order valence-corrected chi connectivity index (χ0v) is 16.7. The highest BCUT2D eigenvalue weighted by Gasteiger charge is 2.13. The second-order valence-corrected chi connectivity index (χ2v) is 6.84. The van der Waals surface area contributed by atoms with Crippen LogP contribution in [0.15, 0.2) is 60.7 Å². The van der Waals surface area contributed by atoms with Crippen molar-refractivity contribution < 1.29 is 13.9 Å². The molecule has 0 saturated heterocycles. The Kier molecular flexibility index (Phi) is 6.77. The average molecular weight is 400 g/mol. The minimum absolute atomic E-state index is 0.204. The second kappa shape index (κ2) is 9.47. The summed E-state index contributed by atoms with van der Waals surface area (Å²) >= 11 is 6.43. The molecule has 0 radical (unpaired) electrons. The molecule has 0 atom stereocenters. The van der Waals surface area contributed by atoms with Crippen LogP contribution in [0, 0.1) is 5.82 Å². The summed E-state index contributed by atoms with van der Waals surface area (Å²) in [5.41, 5.74) is 4.03. The van der Waals surface area contributed by atoms with Crippen molar-refractivity contribution in [3.63, 3.8) is 0 Å². The Bertz CT molecular complexity index is 928. The zero-order valence-electron chi connectivity index (χ0n) is 16.0. The largest absolute Gasteiger partial charge is 0.493 e. The molecular weight excluding hydrogens is 377 g/mol. The Morgan fingerprint density at radius 2 is 1.75 bits per heavy atom. The van der Waals surface area contributed by atoms with E-state index in [9.17, 15) is 4.39 Å². The van der Waals surface area contributed by atoms with Crippen LogP contribution in [-0.4, -0.2) is 7.11 Å². The Morgan fingerprint density at radius 3 is 2.43 bits per heavy atom. The summed E-state index contributed by atoms with van der Waals surface area (Å²) < 4.78 is 24.6. The van der Waals surface area contributed by atoms with Crippen molar-refractivity contribution in [3.05, 3.63) is 88.2 Å². The Hall–Kier alpha value is -2.72. The van der Waals surface area contributed by atoms with Crippen molar-refractivity contribution in [2.24, 2.45) is 0 Å². The quantitative estimate of drug-likeness (QED) is 0.486. The number of halogens is 2. The van der Waals surface area contributed by atoms with Gasteiger partial charge in [-0.05, 0) is 59.5 Å². The van der Waals surface area contributed by atoms with Gasteiger partial charge >= 0.3 is 0 Å². The lowest BCUT2D eigenvalue weighted by Crippen LogP contribution is -2.03. The third-order valence-corrected chi connectivity index (χ3v) is 4.70. The lowest BCUT2D eigenvalue weighted by molar-refractivity contribution is 0.284. The monoisotopic (exact) mass is 399 g/mol. The second-order valence-electron chi connectivity index (χ2n) is 6.43. The SMILES string of the molecule is CCc1ccc(NCc2cc(Cl)c(OCc3cccc(F)c3)c(OC)c2)cc1. The summed E-state index contributed by atoms with van der Waals surface area (Å²) in [6.07, 6.45) is 1.02. The Morgan fingerprint density at radius 1 is 0.964 bits per heavy atom. The molecule has 28 heavy (non-hydrogen) atoms. The molecule has 0 spiro atoms. The molecule has 3 nitrogen and oxygen atoms in total. The first-order chi connectivity index (χ1) is 13.6. The van der Waals surface area contributed by atoms with Crippen LogP contribution in [0.5, 0.6) is 11.5 Å². The van der Waals surface area contributed by atoms with Crippen molar-refractivity contribution >= 4 is 17.3 Å². The number of anilines is 1. The number of hydrogen-bond acceptors (Lipinski definition) is 3. The first-order valence-electron chi connectivity index (χ1n) is 9.15. The smallest absolute Gasteiger partial charge is 0.180 e. The van der Waals surface area contributed by atoms with Gasteiger partial charge in [-0.2, -0.15) is 0 Å². The van der Waals surface area contributed by atoms with E-state index in [2.05, 4.69) is 36.5 Å². The van der Waals surface area contributed by atoms with Crippen LogP contribution in [0.1, 0.15) is 23.6 Å². The third kappa shape index (κ3) is 5.17. The van der Waals surface area contributed by atoms with Gasteiger partial charge in [0, 0.05) is 12.2 Å². The molecule has 3 aromatic carbocycles. The van der Waals surface area contributed by atoms with Crippen molar-refractivity contribution in [2.75, 3.05) is 12.4 Å². The molecular formula is C23H23ClFNO2. The van der Waals surface area contributed by atoms with Crippen molar-refractivity contribution in [1.82, 2.24) is 0 Å². The van der Waals surface area contributed by atoms with E-state index >= 15 is 0 Å². The highest BCUT2D eigenvalue weighted by Crippen LogP contribution is 2.37. The molecule has 0 heterocycles. The van der Waals surface area contributed by atoms with Crippen LogP contribution in [-0.2, 0) is 19.6 Å². The molecule has 5 heteroatoms. The molecule has 0 saturated carbocycles. The molecule has 0 unspecified atom stereocenters. The van der Waals surface area contributed by atoms with Gasteiger partial charge in [-0.1, -0.05) is 42.8 Å². The van der Waals surface area contributed by atoms with Crippen LogP contribution in [0.3, 0.4) is 0 Å². The molecule has 0 aromatic heterocycles. The maximum atomic E-state index is 13.3. The number of ether oxygens (including phenoxy) is 2. The number of benzene rings is 3. The van der Waals surface area contributed by atoms with Crippen LogP contribution >= 0.6 is 11.6 Å². The van der Waals surface area contributed by atoms with Gasteiger partial charge in [0.1, 0.15) is 12.4 Å². The number of methoxy groups -OCH3 is 1. The fourth-order valence-corrected chi connectivity index (χ4v) is 3.15. The lowest BCUT2D eigenvalue weighted by Gasteiger charge is -2.15. The Labute approximate surface area is 170 Å². The van der Waals surface area contributed by atoms with E-state index < -0.39 is 0 Å². The molecule has 1 N–H and O–H groups in total. The fourth-order valence-electron chi connectivity index (χ4n) is 2.86. The minimum Gasteiger partial charge on any atom is -0.493 e. The van der Waals surface area contributed by atoms with Gasteiger partial charge in [-0.25, -0.2) is 4.39 Å². The molecule has 3 aromatic rings. The van der Waals surface area contributed by atoms with Crippen LogP contribution < -0.4 is 14.8 Å². The first-order valence-corrected chi connectivity index (χ1v) is 9.53. The average Bonchev–Trinajstić information content (AvgIpc) is 2.71. The summed E-state index contributed by atoms with van der Waals surface area (Å²) in [5, 5.41) is 3.83. The lowest BCUT2D eigenvalue weighted by atomic mass is 10.1. The molecule has 146 valence electrons. The maximum Gasteiger partial charge on any atom is 0.180 e. The van der Waals surface area contributed by atoms with E-state index in [1.807, 2.05) is 12.1 Å². The van der Waals surface area contributed by atoms with E-state index in [0.717, 1.165) is 23.2 Å². The van der Waals surface area contributed by atoms with E-state index in [0.29, 0.717) is 23.1 Å². The van der Waals surface area contributed by atoms with Gasteiger partial charge < -0.3 is 14.8 Å². The number of rotatable bonds is 8. The molecule has 0 aliphatic rings. The van der Waals surface area contributed by atoms with Crippen molar-refractivity contribution in [2.45, 2.75) is 26.5 Å². The molecule has 3 rings (SSSR count). The van der Waals surface area contributed by atoms with Crippen LogP contribution in [0.2, 0.25) is 5.02 Å². The van der Waals surface area contributed by atoms with E-state index in [4.69, 9.17) is 21.1 Å². The van der Waals surface area contributed by atoms with Gasteiger partial charge in [0.15, 0.2) is 11.5 Å². The summed E-state index contributed by atoms with van der Waals surface area (Å²) in [7, 11) is 1.57. The van der Waals surface area contributed by atoms with Crippen molar-refractivity contribution in [1.29, 1.82) is 0 Å². The van der Waals surface area contributed by atoms with Crippen LogP contribution in [0.4, 0.5) is 10.1 Å². The van der Waals surface area contributed by atoms with E-state index in [1.165, 1.54) is 17.7 Å². The topological polar surface area (TPSA) is 30.5 Å². The van der Waals surface area contributed by atoms with Gasteiger partial charge in [-0.3, -0.25) is 0 Å². The summed E-state index contributed by atoms with van der Waals surface area (Å²) in [4.78, 5) is 0. The van der Waals surface area contributed by atoms with Crippen molar-refractivity contribution in [3.8, 4) is 11.5 Å². The summed E-state index contributed by atoms with van der Waals surface area (Å²) in [6, 6.07) is 18.4. The van der Waals surface area contributed by atoms with Gasteiger partial charge in [0.2, 0.25) is 0 Å². The normalized spacial score (nSPS) is 10.6. The number of hydrogen-bond donors (Lipinski definition) is 1. The standard InChI is InChI=1S/C23H23ClFNO2/c1-3-16-7-9-20(10-8-16)26-14-18-12-21(24)23(22(13-18)27-2)28-15-17-5-4-6-19(25)11-17/h4-13,26H,3,14-15H2,1-2H3. The van der Waals surface area contributed by atoms with E-state index in [1.54, 1.807) is 19.2 Å². The maximum absolute atomic E-state index is 13.3. The highest BCUT2D eigenvalue weighted by atomic mass is 35.5. The molecule has 0 amide bonds. The van der Waals surface area contributed by atoms with Gasteiger partial charge in [0.05, 0.1) is 12.1 Å². The van der Waals surface area contributed by atoms with Crippen LogP contribution in [0.25, 0.3) is 0 Å². The Balaban J connectivity index is 1.69. The van der Waals surface area contributed by atoms with E-state index in [-0.39, 0.29) is 12.4 Å². The van der Waals surface area contributed by atoms with Gasteiger partial charge in [-0.15, -0.1) is 0 Å². The minimum atomic E-state index is -0.299. The first kappa shape index (κ1) is 20.0. The predicted octanol–water partition coefficient (Wildman–Crippen LogP) is 6.24. The summed E-state index contributed by atoms with van der Waals surface area (Å²) in [5.74, 6) is 0.694. The third-order valence-electron chi connectivity index (χ3n) is 4.42. The molecule has 0 bridgehead atoms. The highest BCUT2D eigenvalue weighted by molar-refractivity contribution is 6.32. The molecule has 0 aliphatic heterocycles. The molecule has 0 aliphatic carbocycles. The molecule has 0 fully saturated rings. The fraction of sp³-hybridized carbons (Fsp3) is 0.217. The number of nitrogens with one attached hydrogen (secondary N) is 1. The predicted molar refractivity (Wildman–Crippen MR) is 112 cm³/mol.